The first kappa shape index (κ1) is 20.9. The lowest BCUT2D eigenvalue weighted by molar-refractivity contribution is -0.135. The second-order valence-corrected chi connectivity index (χ2v) is 8.08. The van der Waals surface area contributed by atoms with Gasteiger partial charge in [-0.1, -0.05) is 11.1 Å². The Morgan fingerprint density at radius 2 is 1.71 bits per heavy atom. The Balaban J connectivity index is 2.04. The second-order valence-electron chi connectivity index (χ2n) is 8.08. The molecule has 1 aromatic carbocycles. The van der Waals surface area contributed by atoms with Gasteiger partial charge in [0.1, 0.15) is 33.6 Å². The molecular weight excluding hydrogens is 400 g/mol. The lowest BCUT2D eigenvalue weighted by Gasteiger charge is -2.43. The maximum absolute atomic E-state index is 13.5. The summed E-state index contributed by atoms with van der Waals surface area (Å²) in [4.78, 5) is 39.8. The van der Waals surface area contributed by atoms with E-state index in [1.54, 1.807) is 12.1 Å². The maximum atomic E-state index is 13.5. The predicted molar refractivity (Wildman–Crippen MR) is 113 cm³/mol. The zero-order valence-electron chi connectivity index (χ0n) is 18.2. The summed E-state index contributed by atoms with van der Waals surface area (Å²) in [5, 5.41) is 0.252. The molecule has 2 aromatic rings. The van der Waals surface area contributed by atoms with Crippen LogP contribution in [0.15, 0.2) is 50.4 Å². The summed E-state index contributed by atoms with van der Waals surface area (Å²) in [7, 11) is 4.32. The summed E-state index contributed by atoms with van der Waals surface area (Å²) in [5.41, 5.74) is 0.627. The van der Waals surface area contributed by atoms with Gasteiger partial charge in [0, 0.05) is 30.2 Å². The highest BCUT2D eigenvalue weighted by molar-refractivity contribution is 6.14. The summed E-state index contributed by atoms with van der Waals surface area (Å²) in [6.07, 6.45) is 1.90. The van der Waals surface area contributed by atoms with Gasteiger partial charge in [0.2, 0.25) is 5.78 Å². The van der Waals surface area contributed by atoms with Crippen LogP contribution in [0.1, 0.15) is 32.4 Å². The molecule has 162 valence electrons. The molecule has 0 aliphatic heterocycles. The van der Waals surface area contributed by atoms with Gasteiger partial charge in [0.25, 0.3) is 0 Å². The standard InChI is InChI=1S/C24H24O7/c1-12-6-15-23(27)19(30-5)10-20(26)24(15,11-13(12)2)21-9-16(25)22-17(29-4)7-14(28-3)8-18(22)31-21/h7-10,15H,6,11H2,1-5H3. The molecule has 0 N–H and O–H groups in total. The fourth-order valence-corrected chi connectivity index (χ4v) is 4.68. The van der Waals surface area contributed by atoms with Crippen LogP contribution in [0.5, 0.6) is 11.5 Å². The molecule has 0 spiro atoms. The first-order chi connectivity index (χ1) is 14.8. The van der Waals surface area contributed by atoms with Gasteiger partial charge in [-0.05, 0) is 26.7 Å². The number of fused-ring (bicyclic) bond motifs is 2. The molecule has 31 heavy (non-hydrogen) atoms. The van der Waals surface area contributed by atoms with Gasteiger partial charge >= 0.3 is 0 Å². The van der Waals surface area contributed by atoms with E-state index >= 15 is 0 Å². The van der Waals surface area contributed by atoms with E-state index in [0.717, 1.165) is 11.1 Å². The van der Waals surface area contributed by atoms with Crippen LogP contribution in [0.3, 0.4) is 0 Å². The Bertz CT molecular complexity index is 1230. The summed E-state index contributed by atoms with van der Waals surface area (Å²) < 4.78 is 22.0. The summed E-state index contributed by atoms with van der Waals surface area (Å²) in [5.74, 6) is -0.324. The number of Topliss-reactive ketones (excluding diaryl/α,β-unsaturated/α-hetero) is 1. The quantitative estimate of drug-likeness (QED) is 0.694. The number of ketones is 2. The molecule has 0 saturated heterocycles. The Morgan fingerprint density at radius 1 is 0.968 bits per heavy atom. The molecule has 2 aliphatic rings. The summed E-state index contributed by atoms with van der Waals surface area (Å²) in [6.45, 7) is 3.89. The SMILES string of the molecule is COC1=CC(=O)C2(c3cc(=O)c4c(OC)cc(OC)cc4o3)CC(C)=C(C)CC2C1=O. The van der Waals surface area contributed by atoms with E-state index in [2.05, 4.69) is 0 Å². The van der Waals surface area contributed by atoms with E-state index in [1.165, 1.54) is 33.5 Å². The molecule has 0 saturated carbocycles. The molecule has 1 aromatic heterocycles. The van der Waals surface area contributed by atoms with Crippen molar-refractivity contribution in [3.05, 3.63) is 57.2 Å². The maximum Gasteiger partial charge on any atom is 0.202 e. The number of carbonyl (C=O) groups excluding carboxylic acids is 2. The van der Waals surface area contributed by atoms with Gasteiger partial charge in [0.05, 0.1) is 21.3 Å². The van der Waals surface area contributed by atoms with Crippen LogP contribution in [0.25, 0.3) is 11.0 Å². The van der Waals surface area contributed by atoms with Crippen molar-refractivity contribution in [1.82, 2.24) is 0 Å². The topological polar surface area (TPSA) is 92.0 Å². The van der Waals surface area contributed by atoms with Gasteiger partial charge < -0.3 is 18.6 Å². The molecule has 0 amide bonds. The third-order valence-corrected chi connectivity index (χ3v) is 6.52. The molecule has 1 heterocycles. The molecule has 4 rings (SSSR count). The number of hydrogen-bond donors (Lipinski definition) is 0. The van der Waals surface area contributed by atoms with Gasteiger partial charge in [-0.2, -0.15) is 0 Å². The molecule has 7 nitrogen and oxygen atoms in total. The number of methoxy groups -OCH3 is 3. The number of carbonyl (C=O) groups is 2. The smallest absolute Gasteiger partial charge is 0.202 e. The fraction of sp³-hybridized carbons (Fsp3) is 0.375. The number of allylic oxidation sites excluding steroid dienone is 4. The normalized spacial score (nSPS) is 23.5. The van der Waals surface area contributed by atoms with E-state index in [-0.39, 0.29) is 45.9 Å². The van der Waals surface area contributed by atoms with Gasteiger partial charge in [-0.25, -0.2) is 0 Å². The molecule has 0 bridgehead atoms. The van der Waals surface area contributed by atoms with Crippen LogP contribution in [-0.4, -0.2) is 32.9 Å². The van der Waals surface area contributed by atoms with E-state index < -0.39 is 11.3 Å². The highest BCUT2D eigenvalue weighted by Gasteiger charge is 2.57. The number of hydrogen-bond acceptors (Lipinski definition) is 7. The van der Waals surface area contributed by atoms with Crippen molar-refractivity contribution in [3.8, 4) is 11.5 Å². The first-order valence-electron chi connectivity index (χ1n) is 9.96. The predicted octanol–water partition coefficient (Wildman–Crippen LogP) is 3.48. The van der Waals surface area contributed by atoms with E-state index in [9.17, 15) is 14.4 Å². The highest BCUT2D eigenvalue weighted by atomic mass is 16.5. The molecule has 0 radical (unpaired) electrons. The summed E-state index contributed by atoms with van der Waals surface area (Å²) >= 11 is 0. The third kappa shape index (κ3) is 2.99. The first-order valence-corrected chi connectivity index (χ1v) is 9.96. The number of ether oxygens (including phenoxy) is 3. The van der Waals surface area contributed by atoms with Crippen LogP contribution in [0.2, 0.25) is 0 Å². The lowest BCUT2D eigenvalue weighted by atomic mass is 9.57. The fourth-order valence-electron chi connectivity index (χ4n) is 4.68. The molecule has 2 atom stereocenters. The second kappa shape index (κ2) is 7.41. The van der Waals surface area contributed by atoms with E-state index in [4.69, 9.17) is 18.6 Å². The number of rotatable bonds is 4. The zero-order chi connectivity index (χ0) is 22.5. The molecule has 2 unspecified atom stereocenters. The van der Waals surface area contributed by atoms with Crippen molar-refractivity contribution in [2.45, 2.75) is 32.1 Å². The Labute approximate surface area is 179 Å². The molecule has 0 fully saturated rings. The van der Waals surface area contributed by atoms with Crippen molar-refractivity contribution in [3.63, 3.8) is 0 Å². The highest BCUT2D eigenvalue weighted by Crippen LogP contribution is 2.50. The van der Waals surface area contributed by atoms with E-state index in [1.807, 2.05) is 13.8 Å². The largest absolute Gasteiger partial charge is 0.496 e. The lowest BCUT2D eigenvalue weighted by Crippen LogP contribution is -2.51. The van der Waals surface area contributed by atoms with Crippen molar-refractivity contribution >= 4 is 22.5 Å². The van der Waals surface area contributed by atoms with Crippen LogP contribution < -0.4 is 14.9 Å². The third-order valence-electron chi connectivity index (χ3n) is 6.52. The Morgan fingerprint density at radius 3 is 2.35 bits per heavy atom. The van der Waals surface area contributed by atoms with Gasteiger partial charge in [0.15, 0.2) is 17.0 Å². The van der Waals surface area contributed by atoms with Gasteiger partial charge in [-0.15, -0.1) is 0 Å². The van der Waals surface area contributed by atoms with Crippen molar-refractivity contribution in [1.29, 1.82) is 0 Å². The molecule has 2 aliphatic carbocycles. The van der Waals surface area contributed by atoms with E-state index in [0.29, 0.717) is 17.9 Å². The monoisotopic (exact) mass is 424 g/mol. The molecular formula is C24H24O7. The van der Waals surface area contributed by atoms with Crippen molar-refractivity contribution in [2.24, 2.45) is 5.92 Å². The van der Waals surface area contributed by atoms with Crippen LogP contribution in [0.4, 0.5) is 0 Å². The minimum Gasteiger partial charge on any atom is -0.496 e. The van der Waals surface area contributed by atoms with Crippen molar-refractivity contribution < 1.29 is 28.2 Å². The Kier molecular flexibility index (Phi) is 5.00. The van der Waals surface area contributed by atoms with Gasteiger partial charge in [-0.3, -0.25) is 14.4 Å². The Hall–Kier alpha value is -3.35. The van der Waals surface area contributed by atoms with Crippen LogP contribution in [-0.2, 0) is 19.7 Å². The average Bonchev–Trinajstić information content (AvgIpc) is 2.76. The number of benzene rings is 1. The minimum absolute atomic E-state index is 0.0319. The minimum atomic E-state index is -1.30. The zero-order valence-corrected chi connectivity index (χ0v) is 18.2. The van der Waals surface area contributed by atoms with Crippen LogP contribution >= 0.6 is 0 Å². The van der Waals surface area contributed by atoms with Crippen molar-refractivity contribution in [2.75, 3.05) is 21.3 Å². The summed E-state index contributed by atoms with van der Waals surface area (Å²) in [6, 6.07) is 4.49. The average molecular weight is 424 g/mol. The van der Waals surface area contributed by atoms with Crippen LogP contribution in [0, 0.1) is 5.92 Å². The molecule has 7 heteroatoms.